The Bertz CT molecular complexity index is 587. The van der Waals surface area contributed by atoms with Crippen molar-refractivity contribution in [3.05, 3.63) is 59.7 Å². The Labute approximate surface area is 134 Å². The molecule has 0 atom stereocenters. The van der Waals surface area contributed by atoms with Crippen molar-refractivity contribution in [1.82, 2.24) is 0 Å². The first-order valence-corrected chi connectivity index (χ1v) is 6.17. The van der Waals surface area contributed by atoms with Crippen LogP contribution in [-0.2, 0) is 21.0 Å². The zero-order valence-corrected chi connectivity index (χ0v) is 12.4. The van der Waals surface area contributed by atoms with Crippen molar-refractivity contribution >= 4 is 11.9 Å². The molecule has 0 fully saturated rings. The van der Waals surface area contributed by atoms with Crippen LogP contribution >= 0.6 is 0 Å². The maximum absolute atomic E-state index is 10.7. The van der Waals surface area contributed by atoms with E-state index in [0.717, 1.165) is 17.4 Å². The van der Waals surface area contributed by atoms with Crippen molar-refractivity contribution in [1.29, 1.82) is 0 Å². The molecule has 0 saturated carbocycles. The summed E-state index contributed by atoms with van der Waals surface area (Å²) in [5.74, 6) is -3.25. The summed E-state index contributed by atoms with van der Waals surface area (Å²) in [7, 11) is 0. The summed E-state index contributed by atoms with van der Waals surface area (Å²) in [5.41, 5.74) is -0.356. The molecule has 113 valence electrons. The van der Waals surface area contributed by atoms with Gasteiger partial charge in [0.25, 0.3) is 0 Å². The van der Waals surface area contributed by atoms with Crippen molar-refractivity contribution in [2.24, 2.45) is 0 Å². The van der Waals surface area contributed by atoms with Crippen molar-refractivity contribution in [3.63, 3.8) is 0 Å². The molecular formula is C14H10O7V. The molecule has 0 saturated heterocycles. The van der Waals surface area contributed by atoms with E-state index in [1.165, 1.54) is 48.5 Å². The van der Waals surface area contributed by atoms with Crippen LogP contribution in [0.5, 0.6) is 11.5 Å². The van der Waals surface area contributed by atoms with Crippen LogP contribution in [0.15, 0.2) is 48.5 Å². The molecule has 0 bridgehead atoms. The first-order valence-electron chi connectivity index (χ1n) is 5.60. The summed E-state index contributed by atoms with van der Waals surface area (Å²) < 4.78 is 8.19. The third-order valence-electron chi connectivity index (χ3n) is 2.23. The predicted molar refractivity (Wildman–Crippen MR) is 66.4 cm³/mol. The Balaban J connectivity index is 0.000000360. The number of carboxylic acid groups (broad SMARTS) is 2. The molecule has 0 radical (unpaired) electrons. The van der Waals surface area contributed by atoms with Gasteiger partial charge in [-0.05, 0) is 12.1 Å². The summed E-state index contributed by atoms with van der Waals surface area (Å²) in [5, 5.41) is 38.1. The molecule has 0 unspecified atom stereocenters. The van der Waals surface area contributed by atoms with Gasteiger partial charge in [-0.15, -0.1) is 0 Å². The molecule has 0 heterocycles. The average Bonchev–Trinajstić information content (AvgIpc) is 2.50. The number of carboxylic acids is 2. The number of aromatic carboxylic acids is 2. The number of benzene rings is 2. The molecule has 2 N–H and O–H groups in total. The average molecular weight is 341 g/mol. The van der Waals surface area contributed by atoms with E-state index in [0.29, 0.717) is 0 Å². The number of carbonyl (C=O) groups is 2. The number of para-hydroxylation sites is 2. The Morgan fingerprint density at radius 2 is 1.00 bits per heavy atom. The van der Waals surface area contributed by atoms with Gasteiger partial charge in [0.2, 0.25) is 0 Å². The van der Waals surface area contributed by atoms with E-state index >= 15 is 0 Å². The van der Waals surface area contributed by atoms with Crippen molar-refractivity contribution in [2.75, 3.05) is 0 Å². The second-order valence-electron chi connectivity index (χ2n) is 3.60. The molecule has 0 aliphatic rings. The van der Waals surface area contributed by atoms with E-state index in [4.69, 9.17) is 13.9 Å². The minimum atomic E-state index is -1.18. The van der Waals surface area contributed by atoms with E-state index < -0.39 is 23.4 Å². The fraction of sp³-hybridized carbons (Fsp3) is 0. The Morgan fingerprint density at radius 3 is 1.18 bits per heavy atom. The molecule has 2 aromatic rings. The van der Waals surface area contributed by atoms with Crippen LogP contribution in [0.3, 0.4) is 0 Å². The summed E-state index contributed by atoms with van der Waals surface area (Å²) in [6.07, 6.45) is 0. The van der Waals surface area contributed by atoms with E-state index in [1.807, 2.05) is 0 Å². The zero-order valence-electron chi connectivity index (χ0n) is 11.0. The van der Waals surface area contributed by atoms with Crippen molar-refractivity contribution in [2.45, 2.75) is 0 Å². The summed E-state index contributed by atoms with van der Waals surface area (Å²) >= 11 is 1.06. The topological polar surface area (TPSA) is 138 Å². The van der Waals surface area contributed by atoms with Gasteiger partial charge in [0.05, 0.1) is 11.1 Å². The van der Waals surface area contributed by atoms with E-state index in [1.54, 1.807) is 0 Å². The Morgan fingerprint density at radius 1 is 0.727 bits per heavy atom. The monoisotopic (exact) mass is 341 g/mol. The van der Waals surface area contributed by atoms with E-state index in [2.05, 4.69) is 0 Å². The second-order valence-corrected chi connectivity index (χ2v) is 3.60. The molecule has 0 spiro atoms. The van der Waals surface area contributed by atoms with E-state index in [9.17, 15) is 19.8 Å². The van der Waals surface area contributed by atoms with Crippen LogP contribution < -0.4 is 10.2 Å². The first kappa shape index (κ1) is 19.4. The zero-order chi connectivity index (χ0) is 17.1. The minimum absolute atomic E-state index is 0.178. The first-order chi connectivity index (χ1) is 10.4. The quantitative estimate of drug-likeness (QED) is 0.823. The van der Waals surface area contributed by atoms with Gasteiger partial charge in [0.15, 0.2) is 0 Å². The molecular weight excluding hydrogens is 331 g/mol. The molecule has 2 aromatic carbocycles. The molecule has 0 aromatic heterocycles. The van der Waals surface area contributed by atoms with Gasteiger partial charge in [-0.25, -0.2) is 9.59 Å². The molecule has 8 heteroatoms. The second kappa shape index (κ2) is 10.1. The van der Waals surface area contributed by atoms with Gasteiger partial charge >= 0.3 is 33.0 Å². The van der Waals surface area contributed by atoms with Crippen LogP contribution in [0.1, 0.15) is 20.7 Å². The SMILES string of the molecule is O=C(O)c1ccccc1[O-].O=C(O)c1ccccc1[O-].[O]=[V+2]. The molecule has 7 nitrogen and oxygen atoms in total. The van der Waals surface area contributed by atoms with Crippen LogP contribution in [0.25, 0.3) is 0 Å². The fourth-order valence-electron chi connectivity index (χ4n) is 1.29. The van der Waals surface area contributed by atoms with Gasteiger partial charge in [-0.1, -0.05) is 47.9 Å². The van der Waals surface area contributed by atoms with E-state index in [-0.39, 0.29) is 11.1 Å². The molecule has 0 aliphatic carbocycles. The van der Waals surface area contributed by atoms with Gasteiger partial charge in [0, 0.05) is 0 Å². The molecule has 2 rings (SSSR count). The van der Waals surface area contributed by atoms with Crippen LogP contribution in [0, 0.1) is 0 Å². The van der Waals surface area contributed by atoms with Crippen LogP contribution in [-0.4, -0.2) is 22.2 Å². The van der Waals surface area contributed by atoms with Gasteiger partial charge in [-0.2, -0.15) is 0 Å². The summed E-state index contributed by atoms with van der Waals surface area (Å²) in [6, 6.07) is 11.1. The third-order valence-corrected chi connectivity index (χ3v) is 2.23. The Hall–Kier alpha value is -2.64. The van der Waals surface area contributed by atoms with Crippen LogP contribution in [0.4, 0.5) is 0 Å². The number of hydrogen-bond acceptors (Lipinski definition) is 5. The number of hydrogen-bond donors (Lipinski definition) is 2. The van der Waals surface area contributed by atoms with Gasteiger partial charge in [-0.3, -0.25) is 0 Å². The number of rotatable bonds is 2. The standard InChI is InChI=1S/2C7H6O3.O.V/c2*8-6-4-2-1-3-5(6)7(9)10;;/h2*1-4,8H,(H,9,10);;/q;;;+2/p-2. The normalized spacial score (nSPS) is 8.64. The molecule has 0 aliphatic heterocycles. The molecule has 22 heavy (non-hydrogen) atoms. The summed E-state index contributed by atoms with van der Waals surface area (Å²) in [6.45, 7) is 0. The maximum atomic E-state index is 10.7. The Kier molecular flexibility index (Phi) is 8.93. The van der Waals surface area contributed by atoms with Gasteiger partial charge in [0.1, 0.15) is 0 Å². The van der Waals surface area contributed by atoms with Crippen LogP contribution in [0.2, 0.25) is 0 Å². The fourth-order valence-corrected chi connectivity index (χ4v) is 1.29. The van der Waals surface area contributed by atoms with Crippen molar-refractivity contribution in [3.8, 4) is 11.5 Å². The summed E-state index contributed by atoms with van der Waals surface area (Å²) in [4.78, 5) is 20.4. The van der Waals surface area contributed by atoms with Gasteiger partial charge < -0.3 is 20.4 Å². The van der Waals surface area contributed by atoms with Crippen molar-refractivity contribution < 1.29 is 51.1 Å². The third kappa shape index (κ3) is 6.21. The predicted octanol–water partition coefficient (Wildman–Crippen LogP) is 0.795. The molecule has 0 amide bonds.